The third-order valence-electron chi connectivity index (χ3n) is 4.04. The average Bonchev–Trinajstić information content (AvgIpc) is 2.29. The molecule has 0 aliphatic heterocycles. The van der Waals surface area contributed by atoms with Crippen molar-refractivity contribution in [1.29, 1.82) is 0 Å². The first-order chi connectivity index (χ1) is 8.09. The summed E-state index contributed by atoms with van der Waals surface area (Å²) in [4.78, 5) is 0. The molecule has 0 amide bonds. The zero-order valence-electron chi connectivity index (χ0n) is 10.9. The normalized spacial score (nSPS) is 23.5. The van der Waals surface area contributed by atoms with Gasteiger partial charge in [-0.25, -0.2) is 0 Å². The minimum atomic E-state index is 0.378. The predicted octanol–water partition coefficient (Wildman–Crippen LogP) is 3.45. The molecule has 2 nitrogen and oxygen atoms in total. The molecule has 2 rings (SSSR count). The van der Waals surface area contributed by atoms with E-state index < -0.39 is 0 Å². The standard InChI is InChI=1S/C15H23NO/c1-15(2)10-6-5-9-14(15)16-11-12-7-3-4-8-13(12)17/h3-4,7-8,14,16-17H,5-6,9-11H2,1-2H3. The number of para-hydroxylation sites is 1. The van der Waals surface area contributed by atoms with Crippen LogP contribution in [-0.4, -0.2) is 11.1 Å². The zero-order valence-corrected chi connectivity index (χ0v) is 10.9. The molecule has 0 radical (unpaired) electrons. The van der Waals surface area contributed by atoms with Crippen LogP contribution in [0.2, 0.25) is 0 Å². The molecule has 1 aromatic carbocycles. The molecule has 1 aromatic rings. The molecular formula is C15H23NO. The van der Waals surface area contributed by atoms with Gasteiger partial charge < -0.3 is 10.4 Å². The topological polar surface area (TPSA) is 32.3 Å². The van der Waals surface area contributed by atoms with Crippen molar-refractivity contribution in [1.82, 2.24) is 5.32 Å². The molecule has 0 spiro atoms. The first kappa shape index (κ1) is 12.4. The summed E-state index contributed by atoms with van der Waals surface area (Å²) in [7, 11) is 0. The van der Waals surface area contributed by atoms with Crippen molar-refractivity contribution < 1.29 is 5.11 Å². The molecule has 1 fully saturated rings. The third-order valence-corrected chi connectivity index (χ3v) is 4.04. The van der Waals surface area contributed by atoms with Crippen LogP contribution in [0.15, 0.2) is 24.3 Å². The van der Waals surface area contributed by atoms with Gasteiger partial charge in [-0.15, -0.1) is 0 Å². The molecule has 1 atom stereocenters. The van der Waals surface area contributed by atoms with Gasteiger partial charge in [0, 0.05) is 18.2 Å². The van der Waals surface area contributed by atoms with Crippen LogP contribution in [-0.2, 0) is 6.54 Å². The summed E-state index contributed by atoms with van der Waals surface area (Å²) in [5, 5.41) is 13.3. The highest BCUT2D eigenvalue weighted by molar-refractivity contribution is 5.31. The lowest BCUT2D eigenvalue weighted by Gasteiger charge is -2.39. The molecule has 0 heterocycles. The Morgan fingerprint density at radius 3 is 2.76 bits per heavy atom. The van der Waals surface area contributed by atoms with Gasteiger partial charge in [0.1, 0.15) is 5.75 Å². The Labute approximate surface area is 104 Å². The second-order valence-corrected chi connectivity index (χ2v) is 5.80. The minimum Gasteiger partial charge on any atom is -0.508 e. The van der Waals surface area contributed by atoms with Crippen LogP contribution < -0.4 is 5.32 Å². The van der Waals surface area contributed by atoms with Crippen molar-refractivity contribution in [2.24, 2.45) is 5.41 Å². The predicted molar refractivity (Wildman–Crippen MR) is 71.0 cm³/mol. The maximum atomic E-state index is 9.73. The van der Waals surface area contributed by atoms with E-state index in [-0.39, 0.29) is 0 Å². The van der Waals surface area contributed by atoms with Crippen molar-refractivity contribution in [3.8, 4) is 5.75 Å². The second-order valence-electron chi connectivity index (χ2n) is 5.80. The highest BCUT2D eigenvalue weighted by atomic mass is 16.3. The fourth-order valence-corrected chi connectivity index (χ4v) is 2.77. The summed E-state index contributed by atoms with van der Waals surface area (Å²) in [6.45, 7) is 5.45. The zero-order chi connectivity index (χ0) is 12.3. The highest BCUT2D eigenvalue weighted by Gasteiger charge is 2.31. The molecule has 1 aliphatic rings. The molecule has 0 saturated heterocycles. The number of phenols is 1. The van der Waals surface area contributed by atoms with Crippen molar-refractivity contribution in [2.45, 2.75) is 52.1 Å². The largest absolute Gasteiger partial charge is 0.508 e. The summed E-state index contributed by atoms with van der Waals surface area (Å²) >= 11 is 0. The van der Waals surface area contributed by atoms with E-state index in [2.05, 4.69) is 19.2 Å². The molecule has 1 aliphatic carbocycles. The summed E-state index contributed by atoms with van der Waals surface area (Å²) in [5.41, 5.74) is 1.37. The van der Waals surface area contributed by atoms with Gasteiger partial charge in [0.05, 0.1) is 0 Å². The van der Waals surface area contributed by atoms with Gasteiger partial charge in [-0.2, -0.15) is 0 Å². The van der Waals surface area contributed by atoms with Crippen LogP contribution in [0.1, 0.15) is 45.1 Å². The van der Waals surface area contributed by atoms with Crippen LogP contribution in [0.4, 0.5) is 0 Å². The van der Waals surface area contributed by atoms with E-state index in [4.69, 9.17) is 0 Å². The Hall–Kier alpha value is -1.02. The number of hydrogen-bond acceptors (Lipinski definition) is 2. The van der Waals surface area contributed by atoms with Crippen LogP contribution >= 0.6 is 0 Å². The van der Waals surface area contributed by atoms with Crippen molar-refractivity contribution in [2.75, 3.05) is 0 Å². The quantitative estimate of drug-likeness (QED) is 0.838. The molecule has 94 valence electrons. The molecule has 0 bridgehead atoms. The average molecular weight is 233 g/mol. The Bertz CT molecular complexity index is 373. The Morgan fingerprint density at radius 1 is 1.29 bits per heavy atom. The van der Waals surface area contributed by atoms with Gasteiger partial charge in [0.2, 0.25) is 0 Å². The van der Waals surface area contributed by atoms with Crippen LogP contribution in [0, 0.1) is 5.41 Å². The van der Waals surface area contributed by atoms with Crippen LogP contribution in [0.5, 0.6) is 5.75 Å². The lowest BCUT2D eigenvalue weighted by Crippen LogP contribution is -2.43. The van der Waals surface area contributed by atoms with Gasteiger partial charge >= 0.3 is 0 Å². The van der Waals surface area contributed by atoms with E-state index in [9.17, 15) is 5.11 Å². The van der Waals surface area contributed by atoms with Gasteiger partial charge in [0.25, 0.3) is 0 Å². The first-order valence-corrected chi connectivity index (χ1v) is 6.60. The van der Waals surface area contributed by atoms with Gasteiger partial charge in [-0.3, -0.25) is 0 Å². The summed E-state index contributed by atoms with van der Waals surface area (Å²) < 4.78 is 0. The lowest BCUT2D eigenvalue weighted by atomic mass is 9.73. The minimum absolute atomic E-state index is 0.378. The molecule has 2 heteroatoms. The number of hydrogen-bond donors (Lipinski definition) is 2. The maximum absolute atomic E-state index is 9.73. The summed E-state index contributed by atoms with van der Waals surface area (Å²) in [5.74, 6) is 0.397. The monoisotopic (exact) mass is 233 g/mol. The molecule has 1 saturated carbocycles. The van der Waals surface area contributed by atoms with Crippen molar-refractivity contribution in [3.05, 3.63) is 29.8 Å². The van der Waals surface area contributed by atoms with E-state index in [1.807, 2.05) is 18.2 Å². The first-order valence-electron chi connectivity index (χ1n) is 6.60. The van der Waals surface area contributed by atoms with Crippen molar-refractivity contribution >= 4 is 0 Å². The van der Waals surface area contributed by atoms with Crippen molar-refractivity contribution in [3.63, 3.8) is 0 Å². The van der Waals surface area contributed by atoms with E-state index in [0.717, 1.165) is 12.1 Å². The van der Waals surface area contributed by atoms with Gasteiger partial charge in [-0.05, 0) is 24.3 Å². The second kappa shape index (κ2) is 5.09. The fraction of sp³-hybridized carbons (Fsp3) is 0.600. The Kier molecular flexibility index (Phi) is 3.72. The fourth-order valence-electron chi connectivity index (χ4n) is 2.77. The van der Waals surface area contributed by atoms with E-state index >= 15 is 0 Å². The molecule has 1 unspecified atom stereocenters. The number of rotatable bonds is 3. The van der Waals surface area contributed by atoms with Gasteiger partial charge in [-0.1, -0.05) is 44.9 Å². The maximum Gasteiger partial charge on any atom is 0.120 e. The number of nitrogens with one attached hydrogen (secondary N) is 1. The van der Waals surface area contributed by atoms with Gasteiger partial charge in [0.15, 0.2) is 0 Å². The van der Waals surface area contributed by atoms with Crippen LogP contribution in [0.3, 0.4) is 0 Å². The number of phenolic OH excluding ortho intramolecular Hbond substituents is 1. The molecular weight excluding hydrogens is 210 g/mol. The van der Waals surface area contributed by atoms with E-state index in [0.29, 0.717) is 17.2 Å². The molecule has 2 N–H and O–H groups in total. The third kappa shape index (κ3) is 3.01. The Morgan fingerprint density at radius 2 is 2.06 bits per heavy atom. The SMILES string of the molecule is CC1(C)CCCCC1NCc1ccccc1O. The number of benzene rings is 1. The number of aromatic hydroxyl groups is 1. The smallest absolute Gasteiger partial charge is 0.120 e. The Balaban J connectivity index is 1.96. The lowest BCUT2D eigenvalue weighted by molar-refractivity contribution is 0.166. The highest BCUT2D eigenvalue weighted by Crippen LogP contribution is 2.35. The molecule has 0 aromatic heterocycles. The molecule has 17 heavy (non-hydrogen) atoms. The van der Waals surface area contributed by atoms with Crippen LogP contribution in [0.25, 0.3) is 0 Å². The van der Waals surface area contributed by atoms with E-state index in [1.54, 1.807) is 6.07 Å². The summed E-state index contributed by atoms with van der Waals surface area (Å²) in [6, 6.07) is 8.14. The van der Waals surface area contributed by atoms with E-state index in [1.165, 1.54) is 25.7 Å². The summed E-state index contributed by atoms with van der Waals surface area (Å²) in [6.07, 6.45) is 5.22.